The average molecular weight is 233 g/mol. The van der Waals surface area contributed by atoms with Crippen molar-refractivity contribution in [2.24, 2.45) is 5.73 Å². The number of hydrogen-bond acceptors (Lipinski definition) is 4. The van der Waals surface area contributed by atoms with Crippen LogP contribution in [-0.2, 0) is 6.54 Å². The van der Waals surface area contributed by atoms with Gasteiger partial charge in [-0.3, -0.25) is 0 Å². The second-order valence-electron chi connectivity index (χ2n) is 4.70. The van der Waals surface area contributed by atoms with Crippen LogP contribution in [0.25, 0.3) is 0 Å². The third kappa shape index (κ3) is 2.76. The molecule has 0 bridgehead atoms. The van der Waals surface area contributed by atoms with E-state index in [4.69, 9.17) is 11.0 Å². The van der Waals surface area contributed by atoms with E-state index >= 15 is 0 Å². The van der Waals surface area contributed by atoms with Crippen LogP contribution in [0.1, 0.15) is 25.0 Å². The molecule has 0 heterocycles. The summed E-state index contributed by atoms with van der Waals surface area (Å²) in [6.07, 6.45) is 0. The maximum absolute atomic E-state index is 9.35. The van der Waals surface area contributed by atoms with E-state index in [0.717, 1.165) is 11.3 Å². The van der Waals surface area contributed by atoms with E-state index in [2.05, 4.69) is 6.07 Å². The van der Waals surface area contributed by atoms with Crippen molar-refractivity contribution in [1.82, 2.24) is 0 Å². The highest BCUT2D eigenvalue weighted by Gasteiger charge is 2.24. The quantitative estimate of drug-likeness (QED) is 0.820. The normalized spacial score (nSPS) is 11.1. The first-order valence-electron chi connectivity index (χ1n) is 5.54. The summed E-state index contributed by atoms with van der Waals surface area (Å²) < 4.78 is 0. The van der Waals surface area contributed by atoms with Crippen LogP contribution >= 0.6 is 0 Å². The van der Waals surface area contributed by atoms with Crippen molar-refractivity contribution in [3.8, 4) is 6.07 Å². The SMILES string of the molecule is CN(c1ccc(CN)cc1C#N)C(C)(C)CO. The molecule has 92 valence electrons. The third-order valence-electron chi connectivity index (χ3n) is 3.07. The van der Waals surface area contributed by atoms with Gasteiger partial charge in [-0.2, -0.15) is 5.26 Å². The van der Waals surface area contributed by atoms with Crippen LogP contribution in [0, 0.1) is 11.3 Å². The zero-order chi connectivity index (χ0) is 13.1. The minimum absolute atomic E-state index is 0.0208. The molecule has 4 nitrogen and oxygen atoms in total. The topological polar surface area (TPSA) is 73.3 Å². The monoisotopic (exact) mass is 233 g/mol. The molecular weight excluding hydrogens is 214 g/mol. The number of hydrogen-bond donors (Lipinski definition) is 2. The first-order chi connectivity index (χ1) is 7.96. The Balaban J connectivity index is 3.19. The number of likely N-dealkylation sites (N-methyl/N-ethyl adjacent to an activating group) is 1. The maximum Gasteiger partial charge on any atom is 0.101 e. The predicted molar refractivity (Wildman–Crippen MR) is 68.6 cm³/mol. The molecule has 1 rings (SSSR count). The van der Waals surface area contributed by atoms with Crippen LogP contribution in [0.4, 0.5) is 5.69 Å². The van der Waals surface area contributed by atoms with Crippen LogP contribution in [0.15, 0.2) is 18.2 Å². The Morgan fingerprint density at radius 2 is 2.12 bits per heavy atom. The number of aliphatic hydroxyl groups is 1. The maximum atomic E-state index is 9.35. The van der Waals surface area contributed by atoms with Gasteiger partial charge in [0.2, 0.25) is 0 Å². The summed E-state index contributed by atoms with van der Waals surface area (Å²) in [5.41, 5.74) is 7.46. The van der Waals surface area contributed by atoms with Gasteiger partial charge in [-0.25, -0.2) is 0 Å². The molecule has 0 aliphatic rings. The molecule has 0 radical (unpaired) electrons. The lowest BCUT2D eigenvalue weighted by molar-refractivity contribution is 0.216. The van der Waals surface area contributed by atoms with E-state index in [-0.39, 0.29) is 6.61 Å². The average Bonchev–Trinajstić information content (AvgIpc) is 2.36. The number of anilines is 1. The van der Waals surface area contributed by atoms with Gasteiger partial charge in [-0.15, -0.1) is 0 Å². The van der Waals surface area contributed by atoms with Gasteiger partial charge in [0.1, 0.15) is 6.07 Å². The first-order valence-corrected chi connectivity index (χ1v) is 5.54. The summed E-state index contributed by atoms with van der Waals surface area (Å²) in [6, 6.07) is 7.74. The molecule has 0 spiro atoms. The lowest BCUT2D eigenvalue weighted by Gasteiger charge is -2.36. The van der Waals surface area contributed by atoms with Gasteiger partial charge in [0.15, 0.2) is 0 Å². The number of benzene rings is 1. The lowest BCUT2D eigenvalue weighted by Crippen LogP contribution is -2.44. The fourth-order valence-corrected chi connectivity index (χ4v) is 1.52. The highest BCUT2D eigenvalue weighted by atomic mass is 16.3. The minimum Gasteiger partial charge on any atom is -0.394 e. The first kappa shape index (κ1) is 13.5. The Morgan fingerprint density at radius 1 is 1.47 bits per heavy atom. The van der Waals surface area contributed by atoms with E-state index in [0.29, 0.717) is 12.1 Å². The molecule has 1 aromatic rings. The van der Waals surface area contributed by atoms with Crippen molar-refractivity contribution in [2.45, 2.75) is 25.9 Å². The minimum atomic E-state index is -0.407. The number of nitrogens with two attached hydrogens (primary N) is 1. The predicted octanol–water partition coefficient (Wildman–Crippen LogP) is 1.22. The van der Waals surface area contributed by atoms with E-state index in [1.165, 1.54) is 0 Å². The second kappa shape index (κ2) is 5.17. The van der Waals surface area contributed by atoms with Gasteiger partial charge in [0.05, 0.1) is 23.4 Å². The molecule has 0 aromatic heterocycles. The fourth-order valence-electron chi connectivity index (χ4n) is 1.52. The zero-order valence-electron chi connectivity index (χ0n) is 10.6. The summed E-state index contributed by atoms with van der Waals surface area (Å²) in [7, 11) is 1.87. The van der Waals surface area contributed by atoms with Crippen LogP contribution in [-0.4, -0.2) is 24.3 Å². The van der Waals surface area contributed by atoms with E-state index < -0.39 is 5.54 Å². The number of aliphatic hydroxyl groups excluding tert-OH is 1. The van der Waals surface area contributed by atoms with E-state index in [1.807, 2.05) is 37.9 Å². The van der Waals surface area contributed by atoms with Crippen LogP contribution in [0.2, 0.25) is 0 Å². The summed E-state index contributed by atoms with van der Waals surface area (Å²) in [5.74, 6) is 0. The Bertz CT molecular complexity index is 435. The summed E-state index contributed by atoms with van der Waals surface area (Å²) >= 11 is 0. The molecule has 1 aromatic carbocycles. The van der Waals surface area contributed by atoms with Crippen molar-refractivity contribution in [1.29, 1.82) is 5.26 Å². The Hall–Kier alpha value is -1.57. The molecule has 0 amide bonds. The van der Waals surface area contributed by atoms with Crippen molar-refractivity contribution < 1.29 is 5.11 Å². The number of nitrogens with zero attached hydrogens (tertiary/aromatic N) is 2. The Morgan fingerprint density at radius 3 is 2.59 bits per heavy atom. The molecular formula is C13H19N3O. The van der Waals surface area contributed by atoms with Crippen molar-refractivity contribution in [3.05, 3.63) is 29.3 Å². The molecule has 0 atom stereocenters. The molecule has 17 heavy (non-hydrogen) atoms. The van der Waals surface area contributed by atoms with Gasteiger partial charge in [-0.1, -0.05) is 6.07 Å². The van der Waals surface area contributed by atoms with Crippen molar-refractivity contribution >= 4 is 5.69 Å². The lowest BCUT2D eigenvalue weighted by atomic mass is 10.0. The Kier molecular flexibility index (Phi) is 4.11. The smallest absolute Gasteiger partial charge is 0.101 e. The second-order valence-corrected chi connectivity index (χ2v) is 4.70. The van der Waals surface area contributed by atoms with Crippen LogP contribution in [0.5, 0.6) is 0 Å². The number of nitriles is 1. The fraction of sp³-hybridized carbons (Fsp3) is 0.462. The van der Waals surface area contributed by atoms with Gasteiger partial charge in [0.25, 0.3) is 0 Å². The molecule has 0 aliphatic carbocycles. The summed E-state index contributed by atoms with van der Waals surface area (Å²) in [5, 5.41) is 18.5. The highest BCUT2D eigenvalue weighted by molar-refractivity contribution is 5.61. The molecule has 0 unspecified atom stereocenters. The molecule has 4 heteroatoms. The third-order valence-corrected chi connectivity index (χ3v) is 3.07. The summed E-state index contributed by atoms with van der Waals surface area (Å²) in [6.45, 7) is 4.28. The van der Waals surface area contributed by atoms with Gasteiger partial charge in [0, 0.05) is 13.6 Å². The standard InChI is InChI=1S/C13H19N3O/c1-13(2,9-17)16(3)12-5-4-10(7-14)6-11(12)8-15/h4-6,17H,7,9,14H2,1-3H3. The van der Waals surface area contributed by atoms with E-state index in [1.54, 1.807) is 6.07 Å². The molecule has 3 N–H and O–H groups in total. The Labute approximate surface area is 102 Å². The molecule has 0 saturated carbocycles. The largest absolute Gasteiger partial charge is 0.394 e. The molecule has 0 fully saturated rings. The van der Waals surface area contributed by atoms with Gasteiger partial charge in [-0.05, 0) is 31.5 Å². The molecule has 0 aliphatic heterocycles. The van der Waals surface area contributed by atoms with Crippen LogP contribution in [0.3, 0.4) is 0 Å². The van der Waals surface area contributed by atoms with Crippen molar-refractivity contribution in [2.75, 3.05) is 18.6 Å². The van der Waals surface area contributed by atoms with Gasteiger partial charge >= 0.3 is 0 Å². The van der Waals surface area contributed by atoms with Crippen molar-refractivity contribution in [3.63, 3.8) is 0 Å². The van der Waals surface area contributed by atoms with Crippen LogP contribution < -0.4 is 10.6 Å². The molecule has 0 saturated heterocycles. The van der Waals surface area contributed by atoms with E-state index in [9.17, 15) is 5.11 Å². The number of rotatable bonds is 4. The van der Waals surface area contributed by atoms with Gasteiger partial charge < -0.3 is 15.7 Å². The summed E-state index contributed by atoms with van der Waals surface area (Å²) in [4.78, 5) is 1.91. The highest BCUT2D eigenvalue weighted by Crippen LogP contribution is 2.26. The zero-order valence-corrected chi connectivity index (χ0v) is 10.6.